The quantitative estimate of drug-likeness (QED) is 0.855. The number of hydrogen-bond acceptors (Lipinski definition) is 4. The normalized spacial score (nSPS) is 32.4. The van der Waals surface area contributed by atoms with Gasteiger partial charge in [-0.2, -0.15) is 0 Å². The van der Waals surface area contributed by atoms with Crippen molar-refractivity contribution in [3.05, 3.63) is 24.2 Å². The number of carbonyl (C=O) groups excluding carboxylic acids is 1. The van der Waals surface area contributed by atoms with Gasteiger partial charge in [-0.05, 0) is 44.2 Å². The maximum absolute atomic E-state index is 12.5. The van der Waals surface area contributed by atoms with Crippen LogP contribution in [0.15, 0.2) is 23.0 Å². The summed E-state index contributed by atoms with van der Waals surface area (Å²) >= 11 is 0. The molecule has 3 atom stereocenters. The molecule has 5 nitrogen and oxygen atoms in total. The molecule has 0 aliphatic carbocycles. The second kappa shape index (κ2) is 6.05. The molecule has 1 aromatic heterocycles. The van der Waals surface area contributed by atoms with Crippen molar-refractivity contribution in [2.24, 2.45) is 5.92 Å². The monoisotopic (exact) mass is 304 g/mol. The van der Waals surface area contributed by atoms with E-state index in [-0.39, 0.29) is 18.1 Å². The van der Waals surface area contributed by atoms with Gasteiger partial charge in [0.05, 0.1) is 18.6 Å². The van der Waals surface area contributed by atoms with Crippen molar-refractivity contribution in [1.82, 2.24) is 9.80 Å². The molecule has 0 saturated carbocycles. The molecule has 3 saturated heterocycles. The lowest BCUT2D eigenvalue weighted by molar-refractivity contribution is -0.142. The van der Waals surface area contributed by atoms with Gasteiger partial charge in [-0.1, -0.05) is 0 Å². The van der Waals surface area contributed by atoms with Crippen LogP contribution >= 0.6 is 0 Å². The van der Waals surface area contributed by atoms with E-state index in [0.717, 1.165) is 58.4 Å². The molecular formula is C17H24N2O3. The Morgan fingerprint density at radius 1 is 1.27 bits per heavy atom. The standard InChI is InChI=1S/C17H24N2O3/c20-17(19-5-1-2-6-19)15-9-14-3-7-18(11-16(14)22-15)10-13-4-8-21-12-13/h4,8,12,14-16H,1-3,5-7,9-11H2/t14-,15-,16+/m0/s1. The van der Waals surface area contributed by atoms with Crippen LogP contribution in [-0.4, -0.2) is 54.1 Å². The number of amides is 1. The van der Waals surface area contributed by atoms with E-state index >= 15 is 0 Å². The lowest BCUT2D eigenvalue weighted by Crippen LogP contribution is -2.42. The zero-order valence-corrected chi connectivity index (χ0v) is 12.9. The van der Waals surface area contributed by atoms with Gasteiger partial charge in [0.25, 0.3) is 5.91 Å². The summed E-state index contributed by atoms with van der Waals surface area (Å²) in [6, 6.07) is 2.02. The molecule has 120 valence electrons. The van der Waals surface area contributed by atoms with Crippen molar-refractivity contribution >= 4 is 5.91 Å². The Bertz CT molecular complexity index is 510. The smallest absolute Gasteiger partial charge is 0.251 e. The summed E-state index contributed by atoms with van der Waals surface area (Å²) in [6.45, 7) is 4.76. The zero-order chi connectivity index (χ0) is 14.9. The Kier molecular flexibility index (Phi) is 3.92. The van der Waals surface area contributed by atoms with Crippen LogP contribution in [0, 0.1) is 5.92 Å². The molecule has 1 amide bonds. The highest BCUT2D eigenvalue weighted by molar-refractivity contribution is 5.81. The van der Waals surface area contributed by atoms with Gasteiger partial charge in [-0.3, -0.25) is 9.69 Å². The number of fused-ring (bicyclic) bond motifs is 1. The van der Waals surface area contributed by atoms with E-state index in [1.165, 1.54) is 5.56 Å². The topological polar surface area (TPSA) is 45.9 Å². The molecule has 0 spiro atoms. The van der Waals surface area contributed by atoms with Crippen molar-refractivity contribution in [3.63, 3.8) is 0 Å². The van der Waals surface area contributed by atoms with Crippen LogP contribution in [0.4, 0.5) is 0 Å². The number of hydrogen-bond donors (Lipinski definition) is 0. The average molecular weight is 304 g/mol. The average Bonchev–Trinajstić information content (AvgIpc) is 3.27. The molecule has 22 heavy (non-hydrogen) atoms. The highest BCUT2D eigenvalue weighted by atomic mass is 16.5. The fraction of sp³-hybridized carbons (Fsp3) is 0.706. The first kappa shape index (κ1) is 14.3. The van der Waals surface area contributed by atoms with Gasteiger partial charge in [0.15, 0.2) is 0 Å². The van der Waals surface area contributed by atoms with E-state index in [2.05, 4.69) is 4.90 Å². The fourth-order valence-corrected chi connectivity index (χ4v) is 4.08. The van der Waals surface area contributed by atoms with Crippen molar-refractivity contribution in [2.45, 2.75) is 44.4 Å². The molecule has 3 fully saturated rings. The van der Waals surface area contributed by atoms with Crippen molar-refractivity contribution in [1.29, 1.82) is 0 Å². The second-order valence-electron chi connectivity index (χ2n) is 6.85. The number of likely N-dealkylation sites (tertiary alicyclic amines) is 2. The Morgan fingerprint density at radius 3 is 2.91 bits per heavy atom. The minimum atomic E-state index is -0.193. The molecule has 4 heterocycles. The van der Waals surface area contributed by atoms with Crippen LogP contribution in [0.1, 0.15) is 31.2 Å². The number of carbonyl (C=O) groups is 1. The number of nitrogens with zero attached hydrogens (tertiary/aromatic N) is 2. The second-order valence-corrected chi connectivity index (χ2v) is 6.85. The first-order valence-corrected chi connectivity index (χ1v) is 8.47. The Hall–Kier alpha value is -1.33. The van der Waals surface area contributed by atoms with Gasteiger partial charge in [0, 0.05) is 31.7 Å². The maximum Gasteiger partial charge on any atom is 0.251 e. The predicted octanol–water partition coefficient (Wildman–Crippen LogP) is 1.88. The molecule has 1 aromatic rings. The minimum Gasteiger partial charge on any atom is -0.472 e. The van der Waals surface area contributed by atoms with Gasteiger partial charge in [-0.25, -0.2) is 0 Å². The van der Waals surface area contributed by atoms with Crippen LogP contribution in [0.2, 0.25) is 0 Å². The molecule has 0 radical (unpaired) electrons. The van der Waals surface area contributed by atoms with Crippen molar-refractivity contribution in [3.8, 4) is 0 Å². The van der Waals surface area contributed by atoms with E-state index in [4.69, 9.17) is 9.15 Å². The number of ether oxygens (including phenoxy) is 1. The summed E-state index contributed by atoms with van der Waals surface area (Å²) in [4.78, 5) is 16.9. The number of piperidine rings is 1. The lowest BCUT2D eigenvalue weighted by atomic mass is 9.91. The molecule has 0 unspecified atom stereocenters. The minimum absolute atomic E-state index is 0.193. The third kappa shape index (κ3) is 2.79. The number of rotatable bonds is 3. The molecule has 0 aromatic carbocycles. The van der Waals surface area contributed by atoms with Crippen LogP contribution in [-0.2, 0) is 16.1 Å². The van der Waals surface area contributed by atoms with Crippen LogP contribution < -0.4 is 0 Å². The van der Waals surface area contributed by atoms with Gasteiger partial charge in [0.2, 0.25) is 0 Å². The van der Waals surface area contributed by atoms with E-state index in [9.17, 15) is 4.79 Å². The maximum atomic E-state index is 12.5. The highest BCUT2D eigenvalue weighted by Crippen LogP contribution is 2.34. The van der Waals surface area contributed by atoms with E-state index in [1.807, 2.05) is 11.0 Å². The molecule has 0 N–H and O–H groups in total. The molecular weight excluding hydrogens is 280 g/mol. The van der Waals surface area contributed by atoms with E-state index in [1.54, 1.807) is 12.5 Å². The Balaban J connectivity index is 1.34. The van der Waals surface area contributed by atoms with Crippen molar-refractivity contribution < 1.29 is 13.9 Å². The Morgan fingerprint density at radius 2 is 2.14 bits per heavy atom. The third-order valence-corrected chi connectivity index (χ3v) is 5.32. The third-order valence-electron chi connectivity index (χ3n) is 5.32. The lowest BCUT2D eigenvalue weighted by Gasteiger charge is -2.33. The molecule has 4 rings (SSSR count). The summed E-state index contributed by atoms with van der Waals surface area (Å²) in [5.41, 5.74) is 1.21. The summed E-state index contributed by atoms with van der Waals surface area (Å²) in [5.74, 6) is 0.783. The van der Waals surface area contributed by atoms with Gasteiger partial charge in [0.1, 0.15) is 6.10 Å². The fourth-order valence-electron chi connectivity index (χ4n) is 4.08. The van der Waals surface area contributed by atoms with Gasteiger partial charge in [-0.15, -0.1) is 0 Å². The summed E-state index contributed by atoms with van der Waals surface area (Å²) in [5, 5.41) is 0. The summed E-state index contributed by atoms with van der Waals surface area (Å²) < 4.78 is 11.3. The largest absolute Gasteiger partial charge is 0.472 e. The van der Waals surface area contributed by atoms with Gasteiger partial charge < -0.3 is 14.1 Å². The molecule has 3 aliphatic rings. The van der Waals surface area contributed by atoms with E-state index < -0.39 is 0 Å². The van der Waals surface area contributed by atoms with Gasteiger partial charge >= 0.3 is 0 Å². The Labute approximate surface area is 131 Å². The van der Waals surface area contributed by atoms with Crippen LogP contribution in [0.3, 0.4) is 0 Å². The van der Waals surface area contributed by atoms with E-state index in [0.29, 0.717) is 5.92 Å². The predicted molar refractivity (Wildman–Crippen MR) is 81.2 cm³/mol. The summed E-state index contributed by atoms with van der Waals surface area (Å²) in [7, 11) is 0. The first-order valence-electron chi connectivity index (χ1n) is 8.47. The highest BCUT2D eigenvalue weighted by Gasteiger charge is 2.43. The molecule has 0 bridgehead atoms. The zero-order valence-electron chi connectivity index (χ0n) is 12.9. The van der Waals surface area contributed by atoms with Crippen LogP contribution in [0.25, 0.3) is 0 Å². The SMILES string of the molecule is O=C([C@@H]1C[C@@H]2CCN(Cc3ccoc3)C[C@H]2O1)N1CCCC1. The molecule has 5 heteroatoms. The van der Waals surface area contributed by atoms with Crippen molar-refractivity contribution in [2.75, 3.05) is 26.2 Å². The first-order chi connectivity index (χ1) is 10.8. The molecule has 3 aliphatic heterocycles. The van der Waals surface area contributed by atoms with Crippen LogP contribution in [0.5, 0.6) is 0 Å². The summed E-state index contributed by atoms with van der Waals surface area (Å²) in [6.07, 6.45) is 7.89. The number of furan rings is 1.